The van der Waals surface area contributed by atoms with Crippen LogP contribution < -0.4 is 26.8 Å². The van der Waals surface area contributed by atoms with Gasteiger partial charge >= 0.3 is 0 Å². The Bertz CT molecular complexity index is 1050. The zero-order chi connectivity index (χ0) is 26.9. The highest BCUT2D eigenvalue weighted by Crippen LogP contribution is 2.36. The molecule has 2 aromatic rings. The molecule has 2 aromatic carbocycles. The second kappa shape index (κ2) is 14.2. The summed E-state index contributed by atoms with van der Waals surface area (Å²) >= 11 is 0. The van der Waals surface area contributed by atoms with Crippen molar-refractivity contribution in [1.29, 1.82) is 0 Å². The van der Waals surface area contributed by atoms with Crippen LogP contribution in [0.5, 0.6) is 0 Å². The highest BCUT2D eigenvalue weighted by atomic mass is 16.5. The van der Waals surface area contributed by atoms with Gasteiger partial charge in [0.2, 0.25) is 0 Å². The van der Waals surface area contributed by atoms with Gasteiger partial charge in [-0.25, -0.2) is 0 Å². The number of anilines is 2. The lowest BCUT2D eigenvalue weighted by atomic mass is 9.83. The molecule has 38 heavy (non-hydrogen) atoms. The lowest BCUT2D eigenvalue weighted by Gasteiger charge is -2.39. The van der Waals surface area contributed by atoms with E-state index in [2.05, 4.69) is 22.3 Å². The smallest absolute Gasteiger partial charge is 0.253 e. The Morgan fingerprint density at radius 2 is 1.82 bits per heavy atom. The van der Waals surface area contributed by atoms with Crippen molar-refractivity contribution in [3.05, 3.63) is 56.3 Å². The summed E-state index contributed by atoms with van der Waals surface area (Å²) in [4.78, 5) is 27.7. The van der Waals surface area contributed by atoms with Crippen molar-refractivity contribution in [3.63, 3.8) is 0 Å². The van der Waals surface area contributed by atoms with Gasteiger partial charge in [0.05, 0.1) is 18.2 Å². The number of methoxy groups -OCH3 is 1. The number of aliphatic hydroxyl groups is 1. The first-order valence-electron chi connectivity index (χ1n) is 14.4. The van der Waals surface area contributed by atoms with Crippen LogP contribution in [0.15, 0.2) is 39.9 Å². The van der Waals surface area contributed by atoms with Crippen LogP contribution in [0.4, 0.5) is 11.4 Å². The number of nitrogens with two attached hydrogens (primary N) is 1. The van der Waals surface area contributed by atoms with Gasteiger partial charge in [0.15, 0.2) is 0 Å². The number of aliphatic hydroxyl groups excluding tert-OH is 1. The molecule has 4 rings (SSSR count). The van der Waals surface area contributed by atoms with E-state index in [1.165, 1.54) is 19.3 Å². The number of hydrogen-bond acceptors (Lipinski definition) is 8. The van der Waals surface area contributed by atoms with E-state index in [4.69, 9.17) is 15.2 Å². The Hall–Kier alpha value is -2.26. The van der Waals surface area contributed by atoms with E-state index in [0.29, 0.717) is 43.6 Å². The number of hydrogen-bond donors (Lipinski definition) is 3. The first kappa shape index (κ1) is 28.7. The van der Waals surface area contributed by atoms with E-state index in [1.54, 1.807) is 7.11 Å². The summed E-state index contributed by atoms with van der Waals surface area (Å²) in [5.74, 6) is 0.678. The van der Waals surface area contributed by atoms with Crippen molar-refractivity contribution in [1.82, 2.24) is 0 Å². The van der Waals surface area contributed by atoms with Crippen molar-refractivity contribution >= 4 is 11.4 Å². The summed E-state index contributed by atoms with van der Waals surface area (Å²) < 4.78 is 11.6. The molecular formula is C30H45N3O5. The molecule has 0 amide bonds. The molecule has 8 nitrogen and oxygen atoms in total. The maximum absolute atomic E-state index is 12.9. The van der Waals surface area contributed by atoms with Crippen molar-refractivity contribution < 1.29 is 14.6 Å². The molecule has 2 aliphatic rings. The monoisotopic (exact) mass is 527 g/mol. The van der Waals surface area contributed by atoms with Crippen LogP contribution in [-0.2, 0) is 9.47 Å². The molecule has 210 valence electrons. The van der Waals surface area contributed by atoms with Gasteiger partial charge in [-0.3, -0.25) is 9.59 Å². The normalized spacial score (nSPS) is 21.3. The Labute approximate surface area is 226 Å². The number of ether oxygens (including phenoxy) is 2. The zero-order valence-electron chi connectivity index (χ0n) is 22.8. The molecule has 1 aliphatic heterocycles. The highest BCUT2D eigenvalue weighted by Gasteiger charge is 2.35. The number of benzene rings is 1. The molecule has 4 atom stereocenters. The average Bonchev–Trinajstić information content (AvgIpc) is 2.96. The Kier molecular flexibility index (Phi) is 10.8. The summed E-state index contributed by atoms with van der Waals surface area (Å²) in [6.45, 7) is 2.70. The predicted octanol–water partition coefficient (Wildman–Crippen LogP) is 3.36. The van der Waals surface area contributed by atoms with Crippen LogP contribution in [0.25, 0.3) is 0 Å². The number of nitrogens with one attached hydrogen (secondary N) is 1. The van der Waals surface area contributed by atoms with Gasteiger partial charge in [0.25, 0.3) is 10.9 Å². The molecular weight excluding hydrogens is 482 g/mol. The van der Waals surface area contributed by atoms with Gasteiger partial charge in [-0.2, -0.15) is 0 Å². The topological polar surface area (TPSA) is 114 Å². The maximum atomic E-state index is 12.9. The van der Waals surface area contributed by atoms with Gasteiger partial charge in [0.1, 0.15) is 11.4 Å². The molecule has 0 spiro atoms. The second-order valence-electron chi connectivity index (χ2n) is 11.1. The van der Waals surface area contributed by atoms with Gasteiger partial charge in [-0.15, -0.1) is 0 Å². The van der Waals surface area contributed by atoms with Crippen LogP contribution in [0, 0.1) is 11.8 Å². The standard InChI is InChI=1S/C30H45N3O5/c1-37-16-9-17-38-30(22-12-6-3-7-13-22)23-14-8-15-33(20-23)27-26(28(35)29(27)36)32-24(25(34)19-31)18-21-10-4-2-5-11-21/h3,6-7,12-13,21,23-25,30,32,34H,2,4-5,8-11,14-20,31H2,1H3/t23?,24-,25+,30?/m0/s1. The summed E-state index contributed by atoms with van der Waals surface area (Å²) in [6.07, 6.45) is 8.51. The molecule has 2 fully saturated rings. The van der Waals surface area contributed by atoms with Crippen molar-refractivity contribution in [2.45, 2.75) is 76.0 Å². The van der Waals surface area contributed by atoms with Crippen molar-refractivity contribution in [3.8, 4) is 0 Å². The minimum absolute atomic E-state index is 0.100. The molecule has 1 saturated carbocycles. The first-order valence-corrected chi connectivity index (χ1v) is 14.4. The van der Waals surface area contributed by atoms with Gasteiger partial charge < -0.3 is 30.5 Å². The molecule has 1 saturated heterocycles. The van der Waals surface area contributed by atoms with Crippen molar-refractivity contribution in [2.75, 3.05) is 50.2 Å². The van der Waals surface area contributed by atoms with E-state index >= 15 is 0 Å². The van der Waals surface area contributed by atoms with E-state index < -0.39 is 17.0 Å². The lowest BCUT2D eigenvalue weighted by Crippen LogP contribution is -2.50. The van der Waals surface area contributed by atoms with Crippen LogP contribution in [-0.4, -0.2) is 57.2 Å². The second-order valence-corrected chi connectivity index (χ2v) is 11.1. The van der Waals surface area contributed by atoms with Crippen LogP contribution in [0.2, 0.25) is 0 Å². The van der Waals surface area contributed by atoms with Gasteiger partial charge in [-0.05, 0) is 37.2 Å². The van der Waals surface area contributed by atoms with E-state index in [-0.39, 0.29) is 24.6 Å². The third-order valence-electron chi connectivity index (χ3n) is 8.35. The molecule has 2 unspecified atom stereocenters. The predicted molar refractivity (Wildman–Crippen MR) is 152 cm³/mol. The average molecular weight is 528 g/mol. The van der Waals surface area contributed by atoms with Gasteiger partial charge in [0, 0.05) is 45.9 Å². The minimum atomic E-state index is -0.772. The third-order valence-corrected chi connectivity index (χ3v) is 8.35. The van der Waals surface area contributed by atoms with Crippen LogP contribution in [0.3, 0.4) is 0 Å². The maximum Gasteiger partial charge on any atom is 0.253 e. The molecule has 8 heteroatoms. The molecule has 4 N–H and O–H groups in total. The summed E-state index contributed by atoms with van der Waals surface area (Å²) in [5, 5.41) is 14.0. The Balaban J connectivity index is 1.50. The quantitative estimate of drug-likeness (QED) is 0.253. The number of rotatable bonds is 14. The van der Waals surface area contributed by atoms with Gasteiger partial charge in [-0.1, -0.05) is 62.4 Å². The third kappa shape index (κ3) is 7.03. The fourth-order valence-corrected chi connectivity index (χ4v) is 6.28. The zero-order valence-corrected chi connectivity index (χ0v) is 22.8. The largest absolute Gasteiger partial charge is 0.390 e. The van der Waals surface area contributed by atoms with Crippen molar-refractivity contribution in [2.24, 2.45) is 17.6 Å². The highest BCUT2D eigenvalue weighted by molar-refractivity contribution is 5.75. The lowest BCUT2D eigenvalue weighted by molar-refractivity contribution is -0.00235. The molecule has 0 bridgehead atoms. The molecule has 1 aliphatic carbocycles. The summed E-state index contributed by atoms with van der Waals surface area (Å²) in [7, 11) is 1.69. The SMILES string of the molecule is COCCCOC(c1ccccc1)C1CCCN(c2c(N[C@@H](CC3CCCCC3)[C@H](O)CN)c(=O)c2=O)C1. The summed E-state index contributed by atoms with van der Waals surface area (Å²) in [5.41, 5.74) is 6.83. The molecule has 0 radical (unpaired) electrons. The first-order chi connectivity index (χ1) is 18.5. The van der Waals surface area contributed by atoms with Crippen LogP contribution in [0.1, 0.15) is 69.5 Å². The molecule has 1 heterocycles. The number of nitrogens with zero attached hydrogens (tertiary/aromatic N) is 1. The molecule has 0 aromatic heterocycles. The van der Waals surface area contributed by atoms with E-state index in [9.17, 15) is 14.7 Å². The number of piperidine rings is 1. The minimum Gasteiger partial charge on any atom is -0.390 e. The Morgan fingerprint density at radius 3 is 2.53 bits per heavy atom. The summed E-state index contributed by atoms with van der Waals surface area (Å²) in [6, 6.07) is 9.89. The van der Waals surface area contributed by atoms with E-state index in [0.717, 1.165) is 44.1 Å². The fraction of sp³-hybridized carbons (Fsp3) is 0.667. The fourth-order valence-electron chi connectivity index (χ4n) is 6.28. The van der Waals surface area contributed by atoms with Crippen LogP contribution >= 0.6 is 0 Å². The van der Waals surface area contributed by atoms with E-state index in [1.807, 2.05) is 18.2 Å². The Morgan fingerprint density at radius 1 is 1.05 bits per heavy atom.